The van der Waals surface area contributed by atoms with E-state index < -0.39 is 10.0 Å². The van der Waals surface area contributed by atoms with Crippen molar-refractivity contribution in [3.05, 3.63) is 18.3 Å². The lowest BCUT2D eigenvalue weighted by Gasteiger charge is -2.36. The van der Waals surface area contributed by atoms with Gasteiger partial charge in [0, 0.05) is 36.8 Å². The first-order valence-corrected chi connectivity index (χ1v) is 8.73. The third-order valence-electron chi connectivity index (χ3n) is 3.42. The molecule has 106 valence electrons. The number of hydrogen-bond acceptors (Lipinski definition) is 5. The molecule has 2 heterocycles. The number of thioether (sulfide) groups is 1. The highest BCUT2D eigenvalue weighted by Crippen LogP contribution is 2.30. The molecular weight excluding hydrogens is 282 g/mol. The maximum absolute atomic E-state index is 12.7. The van der Waals surface area contributed by atoms with Gasteiger partial charge in [0.15, 0.2) is 5.03 Å². The van der Waals surface area contributed by atoms with Crippen molar-refractivity contribution < 1.29 is 8.42 Å². The van der Waals surface area contributed by atoms with Crippen LogP contribution in [0.2, 0.25) is 0 Å². The summed E-state index contributed by atoms with van der Waals surface area (Å²) in [4.78, 5) is 4.06. The summed E-state index contributed by atoms with van der Waals surface area (Å²) in [5, 5.41) is 3.30. The van der Waals surface area contributed by atoms with Crippen LogP contribution < -0.4 is 5.32 Å². The molecule has 0 bridgehead atoms. The summed E-state index contributed by atoms with van der Waals surface area (Å²) in [5.74, 6) is 0.826. The molecule has 1 saturated heterocycles. The van der Waals surface area contributed by atoms with Crippen molar-refractivity contribution in [1.29, 1.82) is 0 Å². The molecule has 0 amide bonds. The van der Waals surface area contributed by atoms with Gasteiger partial charge < -0.3 is 5.32 Å². The summed E-state index contributed by atoms with van der Waals surface area (Å²) in [6, 6.07) is 3.44. The average molecular weight is 301 g/mol. The molecule has 0 radical (unpaired) electrons. The smallest absolute Gasteiger partial charge is 0.262 e. The van der Waals surface area contributed by atoms with Crippen molar-refractivity contribution >= 4 is 27.5 Å². The summed E-state index contributed by atoms with van der Waals surface area (Å²) in [6.45, 7) is 4.56. The third-order valence-corrected chi connectivity index (χ3v) is 6.70. The summed E-state index contributed by atoms with van der Waals surface area (Å²) in [7, 11) is -1.84. The van der Waals surface area contributed by atoms with E-state index >= 15 is 0 Å². The molecule has 0 aromatic carbocycles. The van der Waals surface area contributed by atoms with Crippen molar-refractivity contribution in [3.63, 3.8) is 0 Å². The van der Waals surface area contributed by atoms with Gasteiger partial charge in [0.05, 0.1) is 5.69 Å². The molecule has 19 heavy (non-hydrogen) atoms. The van der Waals surface area contributed by atoms with E-state index in [1.165, 1.54) is 6.20 Å². The first-order valence-electron chi connectivity index (χ1n) is 6.24. The Labute approximate surface area is 118 Å². The van der Waals surface area contributed by atoms with Crippen LogP contribution in [0.5, 0.6) is 0 Å². The van der Waals surface area contributed by atoms with E-state index in [9.17, 15) is 8.42 Å². The Kier molecular flexibility index (Phi) is 4.37. The molecule has 0 spiro atoms. The van der Waals surface area contributed by atoms with Gasteiger partial charge in [-0.05, 0) is 19.1 Å². The fourth-order valence-electron chi connectivity index (χ4n) is 2.14. The molecule has 7 heteroatoms. The van der Waals surface area contributed by atoms with Crippen LogP contribution in [0.4, 0.5) is 5.69 Å². The second kappa shape index (κ2) is 5.68. The predicted molar refractivity (Wildman–Crippen MR) is 79.1 cm³/mol. The maximum atomic E-state index is 12.7. The number of hydrogen-bond donors (Lipinski definition) is 1. The van der Waals surface area contributed by atoms with Crippen LogP contribution in [0.1, 0.15) is 13.8 Å². The molecule has 1 aliphatic heterocycles. The van der Waals surface area contributed by atoms with E-state index in [0.717, 1.165) is 5.75 Å². The van der Waals surface area contributed by atoms with Gasteiger partial charge in [-0.2, -0.15) is 16.1 Å². The number of aromatic nitrogens is 1. The van der Waals surface area contributed by atoms with Crippen LogP contribution in [0.3, 0.4) is 0 Å². The van der Waals surface area contributed by atoms with E-state index in [-0.39, 0.29) is 11.1 Å². The summed E-state index contributed by atoms with van der Waals surface area (Å²) >= 11 is 1.81. The minimum Gasteiger partial charge on any atom is -0.386 e. The van der Waals surface area contributed by atoms with Gasteiger partial charge in [0.25, 0.3) is 10.0 Å². The van der Waals surface area contributed by atoms with Crippen molar-refractivity contribution in [2.45, 2.75) is 30.2 Å². The fourth-order valence-corrected chi connectivity index (χ4v) is 5.25. The zero-order valence-electron chi connectivity index (χ0n) is 11.3. The highest BCUT2D eigenvalue weighted by molar-refractivity contribution is 8.00. The zero-order chi connectivity index (χ0) is 14.0. The Hall–Kier alpha value is -0.790. The zero-order valence-corrected chi connectivity index (χ0v) is 13.0. The number of sulfonamides is 1. The maximum Gasteiger partial charge on any atom is 0.262 e. The molecule has 1 fully saturated rings. The van der Waals surface area contributed by atoms with Crippen molar-refractivity contribution in [2.75, 3.05) is 24.7 Å². The van der Waals surface area contributed by atoms with Gasteiger partial charge >= 0.3 is 0 Å². The molecular formula is C12H19N3O2S2. The van der Waals surface area contributed by atoms with Gasteiger partial charge in [-0.15, -0.1) is 0 Å². The summed E-state index contributed by atoms with van der Waals surface area (Å²) < 4.78 is 27.0. The number of nitrogens with zero attached hydrogens (tertiary/aromatic N) is 2. The Morgan fingerprint density at radius 1 is 1.47 bits per heavy atom. The predicted octanol–water partition coefficient (Wildman–Crippen LogP) is 1.64. The number of rotatable bonds is 3. The van der Waals surface area contributed by atoms with E-state index in [0.29, 0.717) is 17.5 Å². The Balaban J connectivity index is 2.42. The number of nitrogens with one attached hydrogen (secondary N) is 1. The second-order valence-electron chi connectivity index (χ2n) is 4.54. The fraction of sp³-hybridized carbons (Fsp3) is 0.583. The van der Waals surface area contributed by atoms with E-state index in [2.05, 4.69) is 17.2 Å². The van der Waals surface area contributed by atoms with Crippen LogP contribution in [0.15, 0.2) is 23.4 Å². The highest BCUT2D eigenvalue weighted by Gasteiger charge is 2.36. The first-order chi connectivity index (χ1) is 8.98. The van der Waals surface area contributed by atoms with E-state index in [1.54, 1.807) is 23.5 Å². The standard InChI is InChI=1S/C12H19N3O2S2/c1-9-10(2)18-8-7-15(9)19(16,17)12-11(13-3)5-4-6-14-12/h4-6,9-10,13H,7-8H2,1-3H3. The van der Waals surface area contributed by atoms with Crippen molar-refractivity contribution in [2.24, 2.45) is 0 Å². The molecule has 2 atom stereocenters. The molecule has 5 nitrogen and oxygen atoms in total. The summed E-state index contributed by atoms with van der Waals surface area (Å²) in [6.07, 6.45) is 1.51. The Morgan fingerprint density at radius 2 is 2.21 bits per heavy atom. The average Bonchev–Trinajstić information content (AvgIpc) is 2.41. The summed E-state index contributed by atoms with van der Waals surface area (Å²) in [5.41, 5.74) is 0.542. The molecule has 0 aliphatic carbocycles. The van der Waals surface area contributed by atoms with Crippen LogP contribution >= 0.6 is 11.8 Å². The lowest BCUT2D eigenvalue weighted by Crippen LogP contribution is -2.48. The van der Waals surface area contributed by atoms with Crippen LogP contribution in [0.25, 0.3) is 0 Å². The highest BCUT2D eigenvalue weighted by atomic mass is 32.2. The van der Waals surface area contributed by atoms with Gasteiger partial charge in [-0.3, -0.25) is 0 Å². The molecule has 2 rings (SSSR count). The lowest BCUT2D eigenvalue weighted by molar-refractivity contribution is 0.339. The van der Waals surface area contributed by atoms with Gasteiger partial charge in [-0.25, -0.2) is 13.4 Å². The van der Waals surface area contributed by atoms with Gasteiger partial charge in [-0.1, -0.05) is 6.92 Å². The molecule has 1 aromatic rings. The Bertz CT molecular complexity index is 548. The molecule has 1 aliphatic rings. The second-order valence-corrected chi connectivity index (χ2v) is 7.83. The third kappa shape index (κ3) is 2.73. The monoisotopic (exact) mass is 301 g/mol. The molecule has 0 saturated carbocycles. The Morgan fingerprint density at radius 3 is 2.89 bits per heavy atom. The van der Waals surface area contributed by atoms with E-state index in [1.807, 2.05) is 18.7 Å². The van der Waals surface area contributed by atoms with E-state index in [4.69, 9.17) is 0 Å². The van der Waals surface area contributed by atoms with Crippen molar-refractivity contribution in [1.82, 2.24) is 9.29 Å². The molecule has 1 aromatic heterocycles. The largest absolute Gasteiger partial charge is 0.386 e. The minimum atomic E-state index is -3.54. The topological polar surface area (TPSA) is 62.3 Å². The number of pyridine rings is 1. The number of anilines is 1. The normalized spacial score (nSPS) is 25.2. The quantitative estimate of drug-likeness (QED) is 0.919. The van der Waals surface area contributed by atoms with Crippen LogP contribution in [0, 0.1) is 0 Å². The van der Waals surface area contributed by atoms with Crippen molar-refractivity contribution in [3.8, 4) is 0 Å². The van der Waals surface area contributed by atoms with Gasteiger partial charge in [0.1, 0.15) is 0 Å². The lowest BCUT2D eigenvalue weighted by atomic mass is 10.2. The SMILES string of the molecule is CNc1cccnc1S(=O)(=O)N1CCSC(C)C1C. The molecule has 1 N–H and O–H groups in total. The van der Waals surface area contributed by atoms with Crippen LogP contribution in [-0.2, 0) is 10.0 Å². The molecule has 2 unspecified atom stereocenters. The van der Waals surface area contributed by atoms with Crippen LogP contribution in [-0.4, -0.2) is 48.3 Å². The first kappa shape index (κ1) is 14.6. The minimum absolute atomic E-state index is 0.0181. The van der Waals surface area contributed by atoms with Gasteiger partial charge in [0.2, 0.25) is 0 Å².